The van der Waals surface area contributed by atoms with Crippen LogP contribution >= 0.6 is 0 Å². The Labute approximate surface area is 165 Å². The van der Waals surface area contributed by atoms with Crippen molar-refractivity contribution in [1.82, 2.24) is 19.7 Å². The molecule has 1 atom stereocenters. The van der Waals surface area contributed by atoms with Gasteiger partial charge < -0.3 is 4.74 Å². The number of hydrogen-bond donors (Lipinski definition) is 0. The zero-order chi connectivity index (χ0) is 21.3. The summed E-state index contributed by atoms with van der Waals surface area (Å²) in [6.07, 6.45) is -1.38. The first-order valence-electron chi connectivity index (χ1n) is 8.94. The van der Waals surface area contributed by atoms with E-state index in [0.717, 1.165) is 12.1 Å². The molecule has 1 aromatic carbocycles. The Kier molecular flexibility index (Phi) is 5.59. The quantitative estimate of drug-likeness (QED) is 0.542. The van der Waals surface area contributed by atoms with E-state index in [1.807, 2.05) is 13.8 Å². The van der Waals surface area contributed by atoms with Crippen molar-refractivity contribution >= 4 is 0 Å². The van der Waals surface area contributed by atoms with Gasteiger partial charge in [0.2, 0.25) is 5.88 Å². The molecule has 0 amide bonds. The highest BCUT2D eigenvalue weighted by molar-refractivity contribution is 5.58. The minimum atomic E-state index is -4.60. The minimum absolute atomic E-state index is 0.0825. The van der Waals surface area contributed by atoms with Gasteiger partial charge in [0.15, 0.2) is 0 Å². The van der Waals surface area contributed by atoms with Gasteiger partial charge in [-0.3, -0.25) is 4.68 Å². The Morgan fingerprint density at radius 2 is 1.79 bits per heavy atom. The first kappa shape index (κ1) is 20.8. The fourth-order valence-electron chi connectivity index (χ4n) is 2.82. The standard InChI is InChI=1S/C20H20F4N4O/c1-11(2)19-26-17(8-18(27-19)29-4)13-9-25-28(10-13)12(3)15-6-5-14(7-16(15)21)20(22,23)24/h5-12H,1-4H3. The molecule has 2 aromatic heterocycles. The van der Waals surface area contributed by atoms with Gasteiger partial charge in [-0.25, -0.2) is 9.37 Å². The third-order valence-corrected chi connectivity index (χ3v) is 4.52. The summed E-state index contributed by atoms with van der Waals surface area (Å²) in [6.45, 7) is 5.57. The summed E-state index contributed by atoms with van der Waals surface area (Å²) in [7, 11) is 1.51. The largest absolute Gasteiger partial charge is 0.481 e. The number of nitrogens with zero attached hydrogens (tertiary/aromatic N) is 4. The molecule has 0 radical (unpaired) electrons. The highest BCUT2D eigenvalue weighted by atomic mass is 19.4. The van der Waals surface area contributed by atoms with Crippen molar-refractivity contribution < 1.29 is 22.3 Å². The first-order valence-corrected chi connectivity index (χ1v) is 8.94. The van der Waals surface area contributed by atoms with Crippen molar-refractivity contribution in [2.45, 2.75) is 38.9 Å². The van der Waals surface area contributed by atoms with Gasteiger partial charge in [0.25, 0.3) is 0 Å². The molecule has 5 nitrogen and oxygen atoms in total. The van der Waals surface area contributed by atoms with Crippen LogP contribution in [0.2, 0.25) is 0 Å². The SMILES string of the molecule is COc1cc(-c2cnn(C(C)c3ccc(C(F)(F)F)cc3F)c2)nc(C(C)C)n1. The summed E-state index contributed by atoms with van der Waals surface area (Å²) < 4.78 is 59.3. The van der Waals surface area contributed by atoms with Crippen molar-refractivity contribution in [3.63, 3.8) is 0 Å². The lowest BCUT2D eigenvalue weighted by Gasteiger charge is -2.15. The summed E-state index contributed by atoms with van der Waals surface area (Å²) in [5, 5.41) is 4.24. The lowest BCUT2D eigenvalue weighted by Crippen LogP contribution is -2.11. The highest BCUT2D eigenvalue weighted by Gasteiger charge is 2.31. The van der Waals surface area contributed by atoms with Crippen LogP contribution in [0.1, 0.15) is 49.7 Å². The highest BCUT2D eigenvalue weighted by Crippen LogP contribution is 2.32. The molecule has 2 heterocycles. The van der Waals surface area contributed by atoms with Gasteiger partial charge >= 0.3 is 6.18 Å². The number of hydrogen-bond acceptors (Lipinski definition) is 4. The Hall–Kier alpha value is -2.97. The normalized spacial score (nSPS) is 13.0. The van der Waals surface area contributed by atoms with Gasteiger partial charge in [0.1, 0.15) is 11.6 Å². The monoisotopic (exact) mass is 408 g/mol. The van der Waals surface area contributed by atoms with E-state index in [1.165, 1.54) is 11.8 Å². The summed E-state index contributed by atoms with van der Waals surface area (Å²) >= 11 is 0. The maximum Gasteiger partial charge on any atom is 0.416 e. The van der Waals surface area contributed by atoms with E-state index >= 15 is 0 Å². The molecule has 3 aromatic rings. The molecule has 0 aliphatic carbocycles. The van der Waals surface area contributed by atoms with Crippen LogP contribution in [0.4, 0.5) is 17.6 Å². The Balaban J connectivity index is 1.93. The molecular formula is C20H20F4N4O. The van der Waals surface area contributed by atoms with Crippen molar-refractivity contribution in [3.8, 4) is 17.1 Å². The number of benzene rings is 1. The summed E-state index contributed by atoms with van der Waals surface area (Å²) in [4.78, 5) is 8.81. The predicted molar refractivity (Wildman–Crippen MR) is 99.1 cm³/mol. The third-order valence-electron chi connectivity index (χ3n) is 4.52. The molecule has 0 spiro atoms. The summed E-state index contributed by atoms with van der Waals surface area (Å²) in [6, 6.07) is 3.55. The van der Waals surface area contributed by atoms with Gasteiger partial charge in [-0.05, 0) is 19.1 Å². The zero-order valence-electron chi connectivity index (χ0n) is 16.3. The minimum Gasteiger partial charge on any atom is -0.481 e. The van der Waals surface area contributed by atoms with Gasteiger partial charge in [-0.2, -0.15) is 23.3 Å². The Morgan fingerprint density at radius 1 is 1.07 bits per heavy atom. The molecule has 0 aliphatic rings. The number of ether oxygens (including phenoxy) is 1. The third kappa shape index (κ3) is 4.38. The van der Waals surface area contributed by atoms with Gasteiger partial charge in [-0.1, -0.05) is 19.9 Å². The molecule has 0 saturated heterocycles. The number of halogens is 4. The van der Waals surface area contributed by atoms with E-state index in [9.17, 15) is 17.6 Å². The molecule has 29 heavy (non-hydrogen) atoms. The molecule has 0 fully saturated rings. The van der Waals surface area contributed by atoms with Crippen molar-refractivity contribution in [1.29, 1.82) is 0 Å². The number of rotatable bonds is 5. The number of aromatic nitrogens is 4. The molecule has 0 saturated carbocycles. The van der Waals surface area contributed by atoms with E-state index in [-0.39, 0.29) is 11.5 Å². The molecule has 9 heteroatoms. The summed E-state index contributed by atoms with van der Waals surface area (Å²) in [5.74, 6) is 0.163. The van der Waals surface area contributed by atoms with Crippen LogP contribution < -0.4 is 4.74 Å². The fourth-order valence-corrected chi connectivity index (χ4v) is 2.82. The Morgan fingerprint density at radius 3 is 2.38 bits per heavy atom. The maximum atomic E-state index is 14.3. The van der Waals surface area contributed by atoms with E-state index in [1.54, 1.807) is 25.4 Å². The smallest absolute Gasteiger partial charge is 0.416 e. The first-order chi connectivity index (χ1) is 13.6. The fraction of sp³-hybridized carbons (Fsp3) is 0.350. The topological polar surface area (TPSA) is 52.8 Å². The van der Waals surface area contributed by atoms with Crippen LogP contribution in [0.5, 0.6) is 5.88 Å². The molecule has 1 unspecified atom stereocenters. The predicted octanol–water partition coefficient (Wildman–Crippen LogP) is 5.24. The number of alkyl halides is 3. The lowest BCUT2D eigenvalue weighted by atomic mass is 10.0. The van der Waals surface area contributed by atoms with Crippen molar-refractivity contribution in [2.75, 3.05) is 7.11 Å². The van der Waals surface area contributed by atoms with Gasteiger partial charge in [-0.15, -0.1) is 0 Å². The van der Waals surface area contributed by atoms with Crippen LogP contribution in [0, 0.1) is 5.82 Å². The maximum absolute atomic E-state index is 14.3. The van der Waals surface area contributed by atoms with E-state index < -0.39 is 23.6 Å². The van der Waals surface area contributed by atoms with Crippen molar-refractivity contribution in [2.24, 2.45) is 0 Å². The molecule has 0 aliphatic heterocycles. The van der Waals surface area contributed by atoms with E-state index in [0.29, 0.717) is 29.0 Å². The molecule has 3 rings (SSSR count). The average molecular weight is 408 g/mol. The second-order valence-electron chi connectivity index (χ2n) is 6.93. The number of methoxy groups -OCH3 is 1. The second kappa shape index (κ2) is 7.81. The van der Waals surface area contributed by atoms with Crippen LogP contribution in [0.3, 0.4) is 0 Å². The average Bonchev–Trinajstić information content (AvgIpc) is 3.16. The van der Waals surface area contributed by atoms with Crippen LogP contribution in [-0.2, 0) is 6.18 Å². The van der Waals surface area contributed by atoms with E-state index in [4.69, 9.17) is 4.74 Å². The van der Waals surface area contributed by atoms with Crippen molar-refractivity contribution in [3.05, 3.63) is 59.4 Å². The zero-order valence-corrected chi connectivity index (χ0v) is 16.3. The Bertz CT molecular complexity index is 1010. The lowest BCUT2D eigenvalue weighted by molar-refractivity contribution is -0.137. The van der Waals surface area contributed by atoms with Crippen LogP contribution in [0.15, 0.2) is 36.7 Å². The van der Waals surface area contributed by atoms with Gasteiger partial charge in [0.05, 0.1) is 30.6 Å². The van der Waals surface area contributed by atoms with Gasteiger partial charge in [0, 0.05) is 29.3 Å². The molecule has 154 valence electrons. The second-order valence-corrected chi connectivity index (χ2v) is 6.93. The van der Waals surface area contributed by atoms with Crippen LogP contribution in [-0.4, -0.2) is 26.9 Å². The van der Waals surface area contributed by atoms with E-state index in [2.05, 4.69) is 15.1 Å². The molecule has 0 N–H and O–H groups in total. The van der Waals surface area contributed by atoms with Crippen LogP contribution in [0.25, 0.3) is 11.3 Å². The molecular weight excluding hydrogens is 388 g/mol. The molecule has 0 bridgehead atoms. The summed E-state index contributed by atoms with van der Waals surface area (Å²) in [5.41, 5.74) is 0.329.